The molecule has 166 valence electrons. The van der Waals surface area contributed by atoms with Crippen molar-refractivity contribution in [1.29, 1.82) is 0 Å². The molecule has 1 amide bonds. The van der Waals surface area contributed by atoms with Crippen LogP contribution in [-0.4, -0.2) is 28.8 Å². The Balaban J connectivity index is 1.54. The fourth-order valence-electron chi connectivity index (χ4n) is 4.05. The van der Waals surface area contributed by atoms with Gasteiger partial charge in [-0.05, 0) is 61.6 Å². The zero-order chi connectivity index (χ0) is 22.7. The minimum absolute atomic E-state index is 0.0224. The van der Waals surface area contributed by atoms with Gasteiger partial charge in [-0.25, -0.2) is 0 Å². The lowest BCUT2D eigenvalue weighted by Gasteiger charge is -2.33. The molecule has 3 aromatic rings. The number of amides is 1. The molecule has 0 spiro atoms. The first-order valence-electron chi connectivity index (χ1n) is 11.0. The molecular weight excluding hydrogens is 424 g/mol. The molecule has 2 aromatic carbocycles. The molecule has 1 aromatic heterocycles. The number of carbonyl (C=O) groups excluding carboxylic acids is 1. The van der Waals surface area contributed by atoms with Crippen molar-refractivity contribution in [2.75, 3.05) is 23.3 Å². The number of anilines is 2. The van der Waals surface area contributed by atoms with Gasteiger partial charge in [-0.3, -0.25) is 9.59 Å². The summed E-state index contributed by atoms with van der Waals surface area (Å²) in [7, 11) is 0. The van der Waals surface area contributed by atoms with Gasteiger partial charge in [0.05, 0.1) is 11.6 Å². The van der Waals surface area contributed by atoms with Gasteiger partial charge in [-0.15, -0.1) is 5.10 Å². The number of carbonyl (C=O) groups is 1. The third kappa shape index (κ3) is 4.70. The number of aromatic nitrogens is 2. The number of piperidine rings is 1. The molecule has 4 rings (SSSR count). The number of rotatable bonds is 5. The summed E-state index contributed by atoms with van der Waals surface area (Å²) in [5.41, 5.74) is 3.33. The lowest BCUT2D eigenvalue weighted by molar-refractivity contribution is -0.120. The van der Waals surface area contributed by atoms with Crippen molar-refractivity contribution in [3.63, 3.8) is 0 Å². The van der Waals surface area contributed by atoms with E-state index in [-0.39, 0.29) is 17.4 Å². The molecule has 1 aliphatic rings. The maximum Gasteiger partial charge on any atom is 0.271 e. The summed E-state index contributed by atoms with van der Waals surface area (Å²) in [6, 6.07) is 16.6. The first-order chi connectivity index (χ1) is 15.5. The molecule has 1 saturated heterocycles. The van der Waals surface area contributed by atoms with Gasteiger partial charge >= 0.3 is 0 Å². The standard InChI is InChI=1S/C25H27ClN4O2/c1-3-18-7-4-5-9-22(18)27-25(32)19-8-6-14-29(16-19)23-12-13-24(31)30(28-23)20-11-10-17(2)21(26)15-20/h4-5,7,9-13,15,19H,3,6,8,14,16H2,1-2H3,(H,27,32)/t19-/m1/s1. The van der Waals surface area contributed by atoms with Crippen LogP contribution >= 0.6 is 11.6 Å². The molecule has 1 fully saturated rings. The molecule has 1 atom stereocenters. The molecule has 6 nitrogen and oxygen atoms in total. The van der Waals surface area contributed by atoms with E-state index in [2.05, 4.69) is 22.2 Å². The lowest BCUT2D eigenvalue weighted by atomic mass is 9.96. The van der Waals surface area contributed by atoms with Crippen molar-refractivity contribution in [1.82, 2.24) is 9.78 Å². The van der Waals surface area contributed by atoms with Gasteiger partial charge in [0, 0.05) is 29.9 Å². The van der Waals surface area contributed by atoms with Crippen LogP contribution in [0.25, 0.3) is 5.69 Å². The topological polar surface area (TPSA) is 67.2 Å². The maximum atomic E-state index is 13.0. The zero-order valence-corrected chi connectivity index (χ0v) is 19.1. The highest BCUT2D eigenvalue weighted by molar-refractivity contribution is 6.31. The normalized spacial score (nSPS) is 16.1. The number of hydrogen-bond donors (Lipinski definition) is 1. The van der Waals surface area contributed by atoms with E-state index in [1.807, 2.05) is 43.3 Å². The van der Waals surface area contributed by atoms with Gasteiger partial charge in [0.2, 0.25) is 5.91 Å². The average Bonchev–Trinajstić information content (AvgIpc) is 2.81. The largest absolute Gasteiger partial charge is 0.354 e. The summed E-state index contributed by atoms with van der Waals surface area (Å²) in [4.78, 5) is 27.5. The van der Waals surface area contributed by atoms with Crippen LogP contribution in [0.3, 0.4) is 0 Å². The highest BCUT2D eigenvalue weighted by Gasteiger charge is 2.27. The van der Waals surface area contributed by atoms with E-state index in [1.165, 1.54) is 10.7 Å². The number of benzene rings is 2. The second kappa shape index (κ2) is 9.57. The van der Waals surface area contributed by atoms with Crippen LogP contribution in [0.5, 0.6) is 0 Å². The molecule has 1 N–H and O–H groups in total. The van der Waals surface area contributed by atoms with Gasteiger partial charge in [0.1, 0.15) is 5.82 Å². The summed E-state index contributed by atoms with van der Waals surface area (Å²) >= 11 is 6.25. The molecule has 0 aliphatic carbocycles. The highest BCUT2D eigenvalue weighted by atomic mass is 35.5. The van der Waals surface area contributed by atoms with Gasteiger partial charge in [-0.1, -0.05) is 42.8 Å². The molecule has 0 radical (unpaired) electrons. The Morgan fingerprint density at radius 2 is 2.00 bits per heavy atom. The molecule has 7 heteroatoms. The number of aryl methyl sites for hydroxylation is 2. The third-order valence-electron chi connectivity index (χ3n) is 5.96. The second-order valence-electron chi connectivity index (χ2n) is 8.16. The first kappa shape index (κ1) is 22.1. The second-order valence-corrected chi connectivity index (χ2v) is 8.57. The molecule has 32 heavy (non-hydrogen) atoms. The minimum atomic E-state index is -0.226. The van der Waals surface area contributed by atoms with E-state index in [0.717, 1.165) is 42.6 Å². The van der Waals surface area contributed by atoms with E-state index in [1.54, 1.807) is 12.1 Å². The Labute approximate surface area is 192 Å². The molecule has 2 heterocycles. The van der Waals surface area contributed by atoms with Crippen molar-refractivity contribution >= 4 is 29.0 Å². The Morgan fingerprint density at radius 3 is 2.78 bits per heavy atom. The predicted octanol–water partition coefficient (Wildman–Crippen LogP) is 4.61. The van der Waals surface area contributed by atoms with E-state index < -0.39 is 0 Å². The quantitative estimate of drug-likeness (QED) is 0.616. The fraction of sp³-hybridized carbons (Fsp3) is 0.320. The van der Waals surface area contributed by atoms with Crippen LogP contribution in [0, 0.1) is 12.8 Å². The SMILES string of the molecule is CCc1ccccc1NC(=O)[C@@H]1CCCN(c2ccc(=O)n(-c3ccc(C)c(Cl)c3)n2)C1. The minimum Gasteiger partial charge on any atom is -0.354 e. The van der Waals surface area contributed by atoms with Gasteiger partial charge < -0.3 is 10.2 Å². The van der Waals surface area contributed by atoms with E-state index in [9.17, 15) is 9.59 Å². The summed E-state index contributed by atoms with van der Waals surface area (Å²) in [5, 5.41) is 8.27. The molecular formula is C25H27ClN4O2. The molecule has 0 unspecified atom stereocenters. The van der Waals surface area contributed by atoms with Crippen molar-refractivity contribution in [3.8, 4) is 5.69 Å². The number of nitrogens with one attached hydrogen (secondary N) is 1. The highest BCUT2D eigenvalue weighted by Crippen LogP contribution is 2.24. The Bertz CT molecular complexity index is 1190. The maximum absolute atomic E-state index is 13.0. The number of nitrogens with zero attached hydrogens (tertiary/aromatic N) is 3. The van der Waals surface area contributed by atoms with E-state index >= 15 is 0 Å². The van der Waals surface area contributed by atoms with Crippen LogP contribution in [0.1, 0.15) is 30.9 Å². The van der Waals surface area contributed by atoms with E-state index in [4.69, 9.17) is 11.6 Å². The number of halogens is 1. The molecule has 0 saturated carbocycles. The molecule has 0 bridgehead atoms. The van der Waals surface area contributed by atoms with Crippen LogP contribution in [0.4, 0.5) is 11.5 Å². The number of para-hydroxylation sites is 1. The Kier molecular flexibility index (Phi) is 6.61. The van der Waals surface area contributed by atoms with Crippen molar-refractivity contribution < 1.29 is 4.79 Å². The third-order valence-corrected chi connectivity index (χ3v) is 6.37. The predicted molar refractivity (Wildman–Crippen MR) is 129 cm³/mol. The average molecular weight is 451 g/mol. The van der Waals surface area contributed by atoms with Crippen LogP contribution in [-0.2, 0) is 11.2 Å². The van der Waals surface area contributed by atoms with Crippen molar-refractivity contribution in [2.24, 2.45) is 5.92 Å². The lowest BCUT2D eigenvalue weighted by Crippen LogP contribution is -2.42. The zero-order valence-electron chi connectivity index (χ0n) is 18.3. The van der Waals surface area contributed by atoms with Crippen LogP contribution < -0.4 is 15.8 Å². The van der Waals surface area contributed by atoms with Gasteiger partial charge in [0.15, 0.2) is 0 Å². The van der Waals surface area contributed by atoms with Gasteiger partial charge in [0.25, 0.3) is 5.56 Å². The van der Waals surface area contributed by atoms with Crippen molar-refractivity contribution in [3.05, 3.63) is 81.1 Å². The number of hydrogen-bond acceptors (Lipinski definition) is 4. The van der Waals surface area contributed by atoms with Crippen molar-refractivity contribution in [2.45, 2.75) is 33.1 Å². The monoisotopic (exact) mass is 450 g/mol. The summed E-state index contributed by atoms with van der Waals surface area (Å²) in [6.45, 7) is 5.33. The van der Waals surface area contributed by atoms with Crippen LogP contribution in [0.15, 0.2) is 59.4 Å². The van der Waals surface area contributed by atoms with E-state index in [0.29, 0.717) is 23.1 Å². The smallest absolute Gasteiger partial charge is 0.271 e. The summed E-state index contributed by atoms with van der Waals surface area (Å²) in [5.74, 6) is 0.548. The Morgan fingerprint density at radius 1 is 1.19 bits per heavy atom. The van der Waals surface area contributed by atoms with Gasteiger partial charge in [-0.2, -0.15) is 4.68 Å². The summed E-state index contributed by atoms with van der Waals surface area (Å²) < 4.78 is 1.36. The first-order valence-corrected chi connectivity index (χ1v) is 11.3. The Hall–Kier alpha value is -3.12. The van der Waals surface area contributed by atoms with Crippen LogP contribution in [0.2, 0.25) is 5.02 Å². The summed E-state index contributed by atoms with van der Waals surface area (Å²) in [6.07, 6.45) is 2.57. The molecule has 1 aliphatic heterocycles. The fourth-order valence-corrected chi connectivity index (χ4v) is 4.23.